The van der Waals surface area contributed by atoms with Gasteiger partial charge in [-0.15, -0.1) is 0 Å². The molecular weight excluding hydrogens is 701 g/mol. The van der Waals surface area contributed by atoms with Gasteiger partial charge in [-0.2, -0.15) is 0 Å². The first-order valence-electron chi connectivity index (χ1n) is 15.4. The van der Waals surface area contributed by atoms with E-state index in [1.54, 1.807) is 0 Å². The zero-order chi connectivity index (χ0) is 34.5. The standard InChI is InChI=1S/C36H37BrFN3O6S/c1-36(2,3)39-35(43)31(21-25-7-5-4-6-8-25)40(23-26-9-11-27(37)12-10-26)34(42)24-41(29-15-13-28(38)14-16-29)48(44,45)30-17-18-32-33(22-30)47-20-19-46-32/h4-18,22,31H,19-21,23-24H2,1-3H3,(H,39,43). The molecule has 2 amide bonds. The predicted molar refractivity (Wildman–Crippen MR) is 185 cm³/mol. The van der Waals surface area contributed by atoms with Crippen molar-refractivity contribution in [2.24, 2.45) is 0 Å². The van der Waals surface area contributed by atoms with Crippen molar-refractivity contribution >= 4 is 43.5 Å². The lowest BCUT2D eigenvalue weighted by Gasteiger charge is -2.35. The molecule has 0 bridgehead atoms. The van der Waals surface area contributed by atoms with E-state index in [0.717, 1.165) is 32.0 Å². The number of nitrogens with one attached hydrogen (secondary N) is 1. The van der Waals surface area contributed by atoms with E-state index in [1.807, 2.05) is 75.4 Å². The maximum absolute atomic E-state index is 14.6. The van der Waals surface area contributed by atoms with Crippen molar-refractivity contribution < 1.29 is 31.9 Å². The van der Waals surface area contributed by atoms with Gasteiger partial charge in [-0.25, -0.2) is 12.8 Å². The number of hydrogen-bond acceptors (Lipinski definition) is 6. The monoisotopic (exact) mass is 737 g/mol. The molecule has 12 heteroatoms. The van der Waals surface area contributed by atoms with Gasteiger partial charge >= 0.3 is 0 Å². The molecule has 0 aromatic heterocycles. The van der Waals surface area contributed by atoms with Gasteiger partial charge in [0.1, 0.15) is 31.6 Å². The second kappa shape index (κ2) is 14.8. The number of anilines is 1. The number of amides is 2. The maximum Gasteiger partial charge on any atom is 0.264 e. The molecule has 0 fully saturated rings. The number of nitrogens with zero attached hydrogens (tertiary/aromatic N) is 2. The highest BCUT2D eigenvalue weighted by Crippen LogP contribution is 2.34. The third-order valence-electron chi connectivity index (χ3n) is 7.53. The van der Waals surface area contributed by atoms with E-state index >= 15 is 0 Å². The van der Waals surface area contributed by atoms with Gasteiger partial charge in [0.2, 0.25) is 11.8 Å². The molecular formula is C36H37BrFN3O6S. The van der Waals surface area contributed by atoms with E-state index in [9.17, 15) is 22.4 Å². The molecule has 0 aliphatic carbocycles. The van der Waals surface area contributed by atoms with Gasteiger partial charge in [0.25, 0.3) is 10.0 Å². The molecule has 1 aliphatic heterocycles. The minimum atomic E-state index is -4.42. The molecule has 0 saturated carbocycles. The van der Waals surface area contributed by atoms with Gasteiger partial charge < -0.3 is 19.7 Å². The summed E-state index contributed by atoms with van der Waals surface area (Å²) in [6.45, 7) is 5.47. The highest BCUT2D eigenvalue weighted by atomic mass is 79.9. The normalized spacial score (nSPS) is 13.4. The van der Waals surface area contributed by atoms with Crippen LogP contribution in [0.4, 0.5) is 10.1 Å². The number of hydrogen-bond donors (Lipinski definition) is 1. The molecule has 0 saturated heterocycles. The summed E-state index contributed by atoms with van der Waals surface area (Å²) >= 11 is 3.44. The molecule has 1 N–H and O–H groups in total. The molecule has 252 valence electrons. The molecule has 9 nitrogen and oxygen atoms in total. The number of sulfonamides is 1. The van der Waals surface area contributed by atoms with Crippen LogP contribution in [-0.2, 0) is 32.6 Å². The quantitative estimate of drug-likeness (QED) is 0.199. The summed E-state index contributed by atoms with van der Waals surface area (Å²) in [5, 5.41) is 3.01. The molecule has 5 rings (SSSR count). The number of benzene rings is 4. The van der Waals surface area contributed by atoms with Crippen molar-refractivity contribution in [1.29, 1.82) is 0 Å². The molecule has 4 aromatic rings. The second-order valence-corrected chi connectivity index (χ2v) is 15.2. The number of carbonyl (C=O) groups is 2. The Bertz CT molecular complexity index is 1850. The first-order valence-corrected chi connectivity index (χ1v) is 17.6. The molecule has 1 aliphatic rings. The van der Waals surface area contributed by atoms with E-state index in [-0.39, 0.29) is 41.8 Å². The summed E-state index contributed by atoms with van der Waals surface area (Å²) in [4.78, 5) is 29.8. The third-order valence-corrected chi connectivity index (χ3v) is 9.83. The van der Waals surface area contributed by atoms with Gasteiger partial charge in [-0.1, -0.05) is 58.4 Å². The highest BCUT2D eigenvalue weighted by molar-refractivity contribution is 9.10. The molecule has 48 heavy (non-hydrogen) atoms. The Morgan fingerprint density at radius 2 is 1.52 bits per heavy atom. The van der Waals surface area contributed by atoms with Crippen LogP contribution in [0.2, 0.25) is 0 Å². The van der Waals surface area contributed by atoms with E-state index in [1.165, 1.54) is 35.2 Å². The number of rotatable bonds is 11. The van der Waals surface area contributed by atoms with Gasteiger partial charge in [-0.05, 0) is 80.4 Å². The summed E-state index contributed by atoms with van der Waals surface area (Å²) < 4.78 is 55.6. The van der Waals surface area contributed by atoms with Crippen LogP contribution in [-0.4, -0.2) is 56.5 Å². The lowest BCUT2D eigenvalue weighted by atomic mass is 10.0. The molecule has 0 spiro atoms. The zero-order valence-corrected chi connectivity index (χ0v) is 29.3. The first-order chi connectivity index (χ1) is 22.8. The van der Waals surface area contributed by atoms with Crippen LogP contribution in [0.25, 0.3) is 0 Å². The van der Waals surface area contributed by atoms with Gasteiger partial charge in [0.05, 0.1) is 10.6 Å². The predicted octanol–water partition coefficient (Wildman–Crippen LogP) is 6.11. The Balaban J connectivity index is 1.58. The Kier molecular flexibility index (Phi) is 10.7. The Morgan fingerprint density at radius 1 is 0.875 bits per heavy atom. The van der Waals surface area contributed by atoms with Gasteiger partial charge in [0.15, 0.2) is 11.5 Å². The fraction of sp³-hybridized carbons (Fsp3) is 0.278. The second-order valence-electron chi connectivity index (χ2n) is 12.4. The summed E-state index contributed by atoms with van der Waals surface area (Å²) in [5.41, 5.74) is 1.01. The number of ether oxygens (including phenoxy) is 2. The minimum Gasteiger partial charge on any atom is -0.486 e. The van der Waals surface area contributed by atoms with E-state index in [2.05, 4.69) is 21.2 Å². The van der Waals surface area contributed by atoms with Crippen LogP contribution in [0.5, 0.6) is 11.5 Å². The third kappa shape index (κ3) is 8.73. The van der Waals surface area contributed by atoms with E-state index in [4.69, 9.17) is 9.47 Å². The van der Waals surface area contributed by atoms with Crippen LogP contribution in [0, 0.1) is 5.82 Å². The van der Waals surface area contributed by atoms with Crippen LogP contribution in [0.1, 0.15) is 31.9 Å². The fourth-order valence-electron chi connectivity index (χ4n) is 5.24. The van der Waals surface area contributed by atoms with Crippen molar-refractivity contribution in [1.82, 2.24) is 10.2 Å². The van der Waals surface area contributed by atoms with Crippen molar-refractivity contribution in [2.75, 3.05) is 24.1 Å². The van der Waals surface area contributed by atoms with Crippen LogP contribution >= 0.6 is 15.9 Å². The van der Waals surface area contributed by atoms with Crippen LogP contribution in [0.15, 0.2) is 106 Å². The lowest BCUT2D eigenvalue weighted by Crippen LogP contribution is -2.56. The first kappa shape index (κ1) is 34.9. The average molecular weight is 739 g/mol. The fourth-order valence-corrected chi connectivity index (χ4v) is 6.94. The summed E-state index contributed by atoms with van der Waals surface area (Å²) in [7, 11) is -4.42. The highest BCUT2D eigenvalue weighted by Gasteiger charge is 2.36. The van der Waals surface area contributed by atoms with E-state index in [0.29, 0.717) is 12.4 Å². The molecule has 1 atom stereocenters. The Labute approximate surface area is 288 Å². The number of fused-ring (bicyclic) bond motifs is 1. The summed E-state index contributed by atoms with van der Waals surface area (Å²) in [6, 6.07) is 24.7. The molecule has 4 aromatic carbocycles. The largest absolute Gasteiger partial charge is 0.486 e. The molecule has 1 unspecified atom stereocenters. The average Bonchev–Trinajstić information content (AvgIpc) is 3.06. The molecule has 0 radical (unpaired) electrons. The lowest BCUT2D eigenvalue weighted by molar-refractivity contribution is -0.140. The van der Waals surface area contributed by atoms with Gasteiger partial charge in [0, 0.05) is 29.0 Å². The van der Waals surface area contributed by atoms with Crippen molar-refractivity contribution in [3.63, 3.8) is 0 Å². The SMILES string of the molecule is CC(C)(C)NC(=O)C(Cc1ccccc1)N(Cc1ccc(Br)cc1)C(=O)CN(c1ccc(F)cc1)S(=O)(=O)c1ccc2c(c1)OCCO2. The molecule has 1 heterocycles. The van der Waals surface area contributed by atoms with Crippen molar-refractivity contribution in [3.8, 4) is 11.5 Å². The number of carbonyl (C=O) groups excluding carboxylic acids is 2. The van der Waals surface area contributed by atoms with Crippen molar-refractivity contribution in [2.45, 2.75) is 50.2 Å². The number of halogens is 2. The maximum atomic E-state index is 14.6. The summed E-state index contributed by atoms with van der Waals surface area (Å²) in [5.74, 6) is -0.932. The van der Waals surface area contributed by atoms with Gasteiger partial charge in [-0.3, -0.25) is 13.9 Å². The minimum absolute atomic E-state index is 0.0164. The smallest absolute Gasteiger partial charge is 0.264 e. The van der Waals surface area contributed by atoms with Crippen LogP contribution < -0.4 is 19.1 Å². The van der Waals surface area contributed by atoms with Crippen molar-refractivity contribution in [3.05, 3.63) is 118 Å². The van der Waals surface area contributed by atoms with Crippen LogP contribution in [0.3, 0.4) is 0 Å². The summed E-state index contributed by atoms with van der Waals surface area (Å²) in [6.07, 6.45) is 0.177. The zero-order valence-electron chi connectivity index (χ0n) is 26.9. The topological polar surface area (TPSA) is 105 Å². The Hall–Kier alpha value is -4.42. The van der Waals surface area contributed by atoms with E-state index < -0.39 is 39.9 Å². The Morgan fingerprint density at radius 3 is 2.17 bits per heavy atom.